The molecule has 0 spiro atoms. The summed E-state index contributed by atoms with van der Waals surface area (Å²) in [6.45, 7) is 7.86. The van der Waals surface area contributed by atoms with Crippen LogP contribution in [0, 0.1) is 29.6 Å². The molecule has 3 aliphatic rings. The molecule has 2 fully saturated rings. The quantitative estimate of drug-likeness (QED) is 0.323. The van der Waals surface area contributed by atoms with Gasteiger partial charge in [-0.05, 0) is 60.4 Å². The van der Waals surface area contributed by atoms with Crippen LogP contribution in [0.15, 0.2) is 30.3 Å². The van der Waals surface area contributed by atoms with E-state index in [1.54, 1.807) is 30.3 Å². The Morgan fingerprint density at radius 2 is 1.64 bits per heavy atom. The number of carbonyl (C=O) groups excluding carboxylic acids is 2. The molecule has 1 aliphatic carbocycles. The van der Waals surface area contributed by atoms with Crippen LogP contribution in [0.2, 0.25) is 0 Å². The molecule has 0 radical (unpaired) electrons. The van der Waals surface area contributed by atoms with Crippen LogP contribution in [-0.4, -0.2) is 57.6 Å². The molecule has 1 unspecified atom stereocenters. The normalized spacial score (nSPS) is 27.1. The Bertz CT molecular complexity index is 1350. The minimum absolute atomic E-state index is 0.0698. The fourth-order valence-corrected chi connectivity index (χ4v) is 6.94. The minimum atomic E-state index is -1.26. The Morgan fingerprint density at radius 3 is 2.27 bits per heavy atom. The molecule has 2 aliphatic heterocycles. The lowest BCUT2D eigenvalue weighted by atomic mass is 9.75. The second-order valence-corrected chi connectivity index (χ2v) is 12.5. The highest BCUT2D eigenvalue weighted by atomic mass is 16.7. The molecular weight excluding hydrogens is 584 g/mol. The van der Waals surface area contributed by atoms with Crippen LogP contribution in [-0.2, 0) is 23.8 Å². The number of fused-ring (bicyclic) bond motifs is 1. The van der Waals surface area contributed by atoms with Crippen molar-refractivity contribution >= 4 is 11.9 Å². The zero-order valence-corrected chi connectivity index (χ0v) is 26.9. The summed E-state index contributed by atoms with van der Waals surface area (Å²) < 4.78 is 46.2. The smallest absolute Gasteiger partial charge is 0.316 e. The summed E-state index contributed by atoms with van der Waals surface area (Å²) in [6, 6.07) is 8.36. The second kappa shape index (κ2) is 13.7. The first-order valence-corrected chi connectivity index (χ1v) is 15.5. The van der Waals surface area contributed by atoms with Crippen LogP contribution < -0.4 is 23.7 Å². The zero-order chi connectivity index (χ0) is 32.4. The first-order valence-electron chi connectivity index (χ1n) is 15.5. The van der Waals surface area contributed by atoms with Crippen molar-refractivity contribution < 1.29 is 52.6 Å². The Kier molecular flexibility index (Phi) is 9.98. The van der Waals surface area contributed by atoms with Crippen LogP contribution in [0.4, 0.5) is 0 Å². The number of benzene rings is 2. The van der Waals surface area contributed by atoms with Gasteiger partial charge in [0.2, 0.25) is 18.8 Å². The fraction of sp³-hybridized carbons (Fsp3) is 0.588. The summed E-state index contributed by atoms with van der Waals surface area (Å²) in [6.07, 6.45) is -0.866. The van der Waals surface area contributed by atoms with E-state index in [-0.39, 0.29) is 18.8 Å². The maximum Gasteiger partial charge on any atom is 0.316 e. The number of cyclic esters (lactones) is 1. The van der Waals surface area contributed by atoms with E-state index in [9.17, 15) is 14.7 Å². The van der Waals surface area contributed by atoms with Crippen molar-refractivity contribution in [3.05, 3.63) is 41.5 Å². The molecule has 2 aromatic carbocycles. The second-order valence-electron chi connectivity index (χ2n) is 12.5. The van der Waals surface area contributed by atoms with Gasteiger partial charge in [-0.25, -0.2) is 0 Å². The Labute approximate surface area is 264 Å². The molecule has 45 heavy (non-hydrogen) atoms. The third-order valence-corrected chi connectivity index (χ3v) is 9.24. The summed E-state index contributed by atoms with van der Waals surface area (Å²) in [7, 11) is 4.42. The standard InChI is InChI=1S/C34H44O11/c1-17(2)22-10-8-18(3)12-24(22)44-34-28(30(36)20-9-11-23-25(13-20)42-16-41-23)29(33(37)45-34)31(43-19(4)35)21-14-26(38-5)32(40-7)27(15-21)39-6/h9,11,13-15,17-18,22,24,28-31,34,36H,8,10,12,16H2,1-7H3/t18-,22+,24-,28+,29+,30?,31+,34-/m1/s1. The van der Waals surface area contributed by atoms with Gasteiger partial charge in [0.15, 0.2) is 23.0 Å². The van der Waals surface area contributed by atoms with Crippen molar-refractivity contribution in [1.82, 2.24) is 0 Å². The molecule has 0 amide bonds. The number of ether oxygens (including phenoxy) is 8. The van der Waals surface area contributed by atoms with Crippen molar-refractivity contribution in [3.63, 3.8) is 0 Å². The number of aliphatic hydroxyl groups is 1. The highest BCUT2D eigenvalue weighted by molar-refractivity contribution is 5.77. The summed E-state index contributed by atoms with van der Waals surface area (Å²) in [4.78, 5) is 26.5. The molecule has 1 saturated carbocycles. The Morgan fingerprint density at radius 1 is 0.956 bits per heavy atom. The number of hydrogen-bond acceptors (Lipinski definition) is 11. The van der Waals surface area contributed by atoms with E-state index in [0.717, 1.165) is 19.3 Å². The van der Waals surface area contributed by atoms with E-state index in [1.807, 2.05) is 0 Å². The highest BCUT2D eigenvalue weighted by Gasteiger charge is 2.55. The third-order valence-electron chi connectivity index (χ3n) is 9.24. The van der Waals surface area contributed by atoms with Crippen LogP contribution in [0.25, 0.3) is 0 Å². The van der Waals surface area contributed by atoms with Gasteiger partial charge in [-0.3, -0.25) is 9.59 Å². The fourth-order valence-electron chi connectivity index (χ4n) is 6.94. The minimum Gasteiger partial charge on any atom is -0.493 e. The molecule has 1 saturated heterocycles. The van der Waals surface area contributed by atoms with Gasteiger partial charge < -0.3 is 43.0 Å². The summed E-state index contributed by atoms with van der Waals surface area (Å²) in [5, 5.41) is 12.1. The monoisotopic (exact) mass is 628 g/mol. The predicted molar refractivity (Wildman–Crippen MR) is 161 cm³/mol. The number of methoxy groups -OCH3 is 3. The Hall–Kier alpha value is -3.70. The molecule has 8 atom stereocenters. The highest BCUT2D eigenvalue weighted by Crippen LogP contribution is 2.50. The lowest BCUT2D eigenvalue weighted by Gasteiger charge is -2.39. The van der Waals surface area contributed by atoms with Crippen LogP contribution in [0.3, 0.4) is 0 Å². The van der Waals surface area contributed by atoms with Crippen molar-refractivity contribution in [1.29, 1.82) is 0 Å². The molecule has 0 aromatic heterocycles. The van der Waals surface area contributed by atoms with Gasteiger partial charge in [-0.2, -0.15) is 0 Å². The van der Waals surface area contributed by atoms with Crippen molar-refractivity contribution in [2.24, 2.45) is 29.6 Å². The molecule has 0 bridgehead atoms. The molecule has 2 heterocycles. The summed E-state index contributed by atoms with van der Waals surface area (Å²) in [5.74, 6) is -0.369. The molecule has 1 N–H and O–H groups in total. The van der Waals surface area contributed by atoms with Gasteiger partial charge in [-0.15, -0.1) is 0 Å². The maximum absolute atomic E-state index is 13.9. The van der Waals surface area contributed by atoms with Crippen LogP contribution in [0.1, 0.15) is 70.3 Å². The maximum atomic E-state index is 13.9. The molecule has 5 rings (SSSR count). The van der Waals surface area contributed by atoms with Crippen molar-refractivity contribution in [3.8, 4) is 28.7 Å². The van der Waals surface area contributed by atoms with Gasteiger partial charge in [-0.1, -0.05) is 33.3 Å². The molecule has 2 aromatic rings. The largest absolute Gasteiger partial charge is 0.493 e. The third kappa shape index (κ3) is 6.65. The van der Waals surface area contributed by atoms with E-state index >= 15 is 0 Å². The van der Waals surface area contributed by atoms with Gasteiger partial charge in [0.05, 0.1) is 39.5 Å². The van der Waals surface area contributed by atoms with Gasteiger partial charge >= 0.3 is 11.9 Å². The van der Waals surface area contributed by atoms with E-state index in [1.165, 1.54) is 28.3 Å². The first-order chi connectivity index (χ1) is 21.6. The van der Waals surface area contributed by atoms with Crippen LogP contribution in [0.5, 0.6) is 28.7 Å². The van der Waals surface area contributed by atoms with Gasteiger partial charge in [0.25, 0.3) is 0 Å². The average Bonchev–Trinajstić information content (AvgIpc) is 3.61. The van der Waals surface area contributed by atoms with Crippen molar-refractivity contribution in [2.45, 2.75) is 71.6 Å². The predicted octanol–water partition coefficient (Wildman–Crippen LogP) is 5.37. The molecule has 11 heteroatoms. The SMILES string of the molecule is COc1cc([C@H](OC(C)=O)[C@H]2C(=O)O[C@@H](O[C@@H]3C[C@H](C)CC[C@H]3C(C)C)[C@@H]2C(O)c2ccc3c(c2)OCO3)cc(OC)c1OC. The number of hydrogen-bond donors (Lipinski definition) is 1. The van der Waals surface area contributed by atoms with E-state index in [4.69, 9.17) is 37.9 Å². The van der Waals surface area contributed by atoms with Crippen LogP contribution >= 0.6 is 0 Å². The number of aliphatic hydroxyl groups excluding tert-OH is 1. The number of carbonyl (C=O) groups is 2. The summed E-state index contributed by atoms with van der Waals surface area (Å²) in [5.41, 5.74) is 0.876. The molecule has 11 nitrogen and oxygen atoms in total. The zero-order valence-electron chi connectivity index (χ0n) is 26.9. The van der Waals surface area contributed by atoms with E-state index < -0.39 is 42.3 Å². The number of esters is 2. The lowest BCUT2D eigenvalue weighted by Crippen LogP contribution is -2.41. The van der Waals surface area contributed by atoms with E-state index in [2.05, 4.69) is 20.8 Å². The lowest BCUT2D eigenvalue weighted by molar-refractivity contribution is -0.205. The van der Waals surface area contributed by atoms with E-state index in [0.29, 0.717) is 51.7 Å². The van der Waals surface area contributed by atoms with Gasteiger partial charge in [0, 0.05) is 12.5 Å². The van der Waals surface area contributed by atoms with Crippen molar-refractivity contribution in [2.75, 3.05) is 28.1 Å². The summed E-state index contributed by atoms with van der Waals surface area (Å²) >= 11 is 0. The van der Waals surface area contributed by atoms with Gasteiger partial charge in [0.1, 0.15) is 12.0 Å². The molecular formula is C34H44O11. The molecule has 246 valence electrons. The topological polar surface area (TPSA) is 128 Å². The Balaban J connectivity index is 1.60. The first kappa shape index (κ1) is 32.7. The average molecular weight is 629 g/mol. The number of rotatable bonds is 11.